The smallest absolute Gasteiger partial charge is 0.338 e. The fourth-order valence-electron chi connectivity index (χ4n) is 3.73. The quantitative estimate of drug-likeness (QED) is 0.338. The molecule has 3 amide bonds. The third kappa shape index (κ3) is 5.75. The van der Waals surface area contributed by atoms with Crippen LogP contribution in [0.3, 0.4) is 0 Å². The van der Waals surface area contributed by atoms with E-state index in [0.29, 0.717) is 29.4 Å². The molecule has 1 aliphatic rings. The normalized spacial score (nSPS) is 14.4. The molecular weight excluding hydrogens is 480 g/mol. The van der Waals surface area contributed by atoms with E-state index in [4.69, 9.17) is 9.15 Å². The minimum atomic E-state index is -0.558. The van der Waals surface area contributed by atoms with Crippen molar-refractivity contribution in [1.82, 2.24) is 4.90 Å². The van der Waals surface area contributed by atoms with Crippen LogP contribution in [0.15, 0.2) is 63.9 Å². The van der Waals surface area contributed by atoms with Gasteiger partial charge in [0.25, 0.3) is 11.1 Å². The van der Waals surface area contributed by atoms with E-state index in [1.54, 1.807) is 43.3 Å². The first-order chi connectivity index (χ1) is 17.2. The van der Waals surface area contributed by atoms with Crippen LogP contribution >= 0.6 is 11.8 Å². The highest BCUT2D eigenvalue weighted by Crippen LogP contribution is 2.33. The van der Waals surface area contributed by atoms with Crippen LogP contribution in [0.1, 0.15) is 34.2 Å². The van der Waals surface area contributed by atoms with Crippen molar-refractivity contribution in [3.63, 3.8) is 0 Å². The number of carbonyl (C=O) groups is 4. The van der Waals surface area contributed by atoms with Crippen molar-refractivity contribution in [2.24, 2.45) is 0 Å². The van der Waals surface area contributed by atoms with Crippen LogP contribution < -0.4 is 5.32 Å². The maximum absolute atomic E-state index is 12.8. The van der Waals surface area contributed by atoms with Crippen LogP contribution in [0.4, 0.5) is 10.5 Å². The minimum Gasteiger partial charge on any atom is -0.462 e. The lowest BCUT2D eigenvalue weighted by Crippen LogP contribution is -2.36. The van der Waals surface area contributed by atoms with E-state index >= 15 is 0 Å². The molecule has 2 heterocycles. The molecule has 184 valence electrons. The maximum atomic E-state index is 12.8. The molecule has 0 atom stereocenters. The molecule has 0 saturated carbocycles. The third-order valence-corrected chi connectivity index (χ3v) is 6.17. The number of imide groups is 1. The van der Waals surface area contributed by atoms with Gasteiger partial charge in [0, 0.05) is 17.3 Å². The number of benzene rings is 2. The molecule has 1 aliphatic heterocycles. The fraction of sp³-hybridized carbons (Fsp3) is 0.185. The van der Waals surface area contributed by atoms with Crippen molar-refractivity contribution in [1.29, 1.82) is 0 Å². The number of aryl methyl sites for hydroxylation is 2. The average Bonchev–Trinajstić information content (AvgIpc) is 3.39. The molecule has 0 aliphatic carbocycles. The molecule has 0 bridgehead atoms. The number of hydrogen-bond acceptors (Lipinski definition) is 7. The monoisotopic (exact) mass is 504 g/mol. The number of thioether (sulfide) groups is 1. The molecule has 8 nitrogen and oxygen atoms in total. The highest BCUT2D eigenvalue weighted by Gasteiger charge is 2.36. The lowest BCUT2D eigenvalue weighted by atomic mass is 10.1. The van der Waals surface area contributed by atoms with E-state index in [0.717, 1.165) is 33.4 Å². The largest absolute Gasteiger partial charge is 0.462 e. The van der Waals surface area contributed by atoms with Gasteiger partial charge in [-0.1, -0.05) is 18.2 Å². The van der Waals surface area contributed by atoms with E-state index in [2.05, 4.69) is 5.32 Å². The standard InChI is InChI=1S/C27H24N2O6S/c1-4-34-26(32)19-7-5-18(6-8-19)22-10-9-21(35-22)14-23-25(31)29(27(33)36-23)15-24(30)28-20-12-16(2)11-17(3)13-20/h5-14H,4,15H2,1-3H3,(H,28,30)/b23-14+. The third-order valence-electron chi connectivity index (χ3n) is 5.26. The Morgan fingerprint density at radius 3 is 2.39 bits per heavy atom. The highest BCUT2D eigenvalue weighted by atomic mass is 32.2. The van der Waals surface area contributed by atoms with Gasteiger partial charge in [-0.2, -0.15) is 0 Å². The summed E-state index contributed by atoms with van der Waals surface area (Å²) in [6.07, 6.45) is 1.48. The second-order valence-electron chi connectivity index (χ2n) is 8.19. The number of ether oxygens (including phenoxy) is 1. The first kappa shape index (κ1) is 25.0. The van der Waals surface area contributed by atoms with Gasteiger partial charge in [-0.3, -0.25) is 19.3 Å². The first-order valence-corrected chi connectivity index (χ1v) is 12.1. The second kappa shape index (κ2) is 10.7. The zero-order chi connectivity index (χ0) is 25.8. The summed E-state index contributed by atoms with van der Waals surface area (Å²) in [6.45, 7) is 5.49. The van der Waals surface area contributed by atoms with Crippen LogP contribution in [0.5, 0.6) is 0 Å². The van der Waals surface area contributed by atoms with Gasteiger partial charge in [-0.05, 0) is 80.1 Å². The molecule has 1 aromatic heterocycles. The Morgan fingerprint density at radius 1 is 1.03 bits per heavy atom. The molecule has 1 saturated heterocycles. The molecule has 0 radical (unpaired) electrons. The Bertz CT molecular complexity index is 1350. The van der Waals surface area contributed by atoms with Gasteiger partial charge in [0.05, 0.1) is 17.1 Å². The van der Waals surface area contributed by atoms with Gasteiger partial charge in [-0.15, -0.1) is 0 Å². The summed E-state index contributed by atoms with van der Waals surface area (Å²) in [5.74, 6) is -0.511. The fourth-order valence-corrected chi connectivity index (χ4v) is 4.55. The molecule has 36 heavy (non-hydrogen) atoms. The van der Waals surface area contributed by atoms with Crippen LogP contribution in [0, 0.1) is 13.8 Å². The summed E-state index contributed by atoms with van der Waals surface area (Å²) in [4.78, 5) is 50.6. The van der Waals surface area contributed by atoms with Crippen molar-refractivity contribution in [3.05, 3.63) is 82.0 Å². The highest BCUT2D eigenvalue weighted by molar-refractivity contribution is 8.18. The number of nitrogens with one attached hydrogen (secondary N) is 1. The van der Waals surface area contributed by atoms with Gasteiger partial charge >= 0.3 is 5.97 Å². The van der Waals surface area contributed by atoms with Crippen LogP contribution in [-0.2, 0) is 14.3 Å². The van der Waals surface area contributed by atoms with Crippen molar-refractivity contribution in [3.8, 4) is 11.3 Å². The molecule has 2 aromatic carbocycles. The summed E-state index contributed by atoms with van der Waals surface area (Å²) in [5.41, 5.74) is 3.76. The van der Waals surface area contributed by atoms with E-state index in [1.807, 2.05) is 32.0 Å². The number of hydrogen-bond donors (Lipinski definition) is 1. The Kier molecular flexibility index (Phi) is 7.40. The van der Waals surface area contributed by atoms with Gasteiger partial charge in [0.2, 0.25) is 5.91 Å². The molecule has 0 spiro atoms. The lowest BCUT2D eigenvalue weighted by Gasteiger charge is -2.13. The number of rotatable bonds is 7. The number of carbonyl (C=O) groups excluding carboxylic acids is 4. The van der Waals surface area contributed by atoms with Gasteiger partial charge in [0.1, 0.15) is 18.1 Å². The van der Waals surface area contributed by atoms with Gasteiger partial charge < -0.3 is 14.5 Å². The molecule has 1 N–H and O–H groups in total. The summed E-state index contributed by atoms with van der Waals surface area (Å²) in [5, 5.41) is 2.21. The SMILES string of the molecule is CCOC(=O)c1ccc(-c2ccc(/C=C3/SC(=O)N(CC(=O)Nc4cc(C)cc(C)c4)C3=O)o2)cc1. The van der Waals surface area contributed by atoms with Crippen LogP contribution in [0.2, 0.25) is 0 Å². The van der Waals surface area contributed by atoms with Crippen molar-refractivity contribution in [2.45, 2.75) is 20.8 Å². The summed E-state index contributed by atoms with van der Waals surface area (Å²) < 4.78 is 10.8. The zero-order valence-electron chi connectivity index (χ0n) is 20.0. The second-order valence-corrected chi connectivity index (χ2v) is 9.19. The Morgan fingerprint density at radius 2 is 1.72 bits per heavy atom. The first-order valence-electron chi connectivity index (χ1n) is 11.2. The number of nitrogens with zero attached hydrogens (tertiary/aromatic N) is 1. The van der Waals surface area contributed by atoms with E-state index < -0.39 is 23.0 Å². The van der Waals surface area contributed by atoms with Crippen LogP contribution in [0.25, 0.3) is 17.4 Å². The van der Waals surface area contributed by atoms with Gasteiger partial charge in [0.15, 0.2) is 0 Å². The predicted molar refractivity (Wildman–Crippen MR) is 137 cm³/mol. The number of furan rings is 1. The molecule has 4 rings (SSSR count). The summed E-state index contributed by atoms with van der Waals surface area (Å²) in [6, 6.07) is 15.8. The zero-order valence-corrected chi connectivity index (χ0v) is 20.8. The van der Waals surface area contributed by atoms with Crippen LogP contribution in [-0.4, -0.2) is 41.1 Å². The van der Waals surface area contributed by atoms with E-state index in [-0.39, 0.29) is 11.4 Å². The molecular formula is C27H24N2O6S. The van der Waals surface area contributed by atoms with E-state index in [9.17, 15) is 19.2 Å². The van der Waals surface area contributed by atoms with Crippen molar-refractivity contribution >= 4 is 46.5 Å². The van der Waals surface area contributed by atoms with Crippen molar-refractivity contribution < 1.29 is 28.3 Å². The lowest BCUT2D eigenvalue weighted by molar-refractivity contribution is -0.127. The topological polar surface area (TPSA) is 106 Å². The average molecular weight is 505 g/mol. The number of esters is 1. The summed E-state index contributed by atoms with van der Waals surface area (Å²) in [7, 11) is 0. The number of anilines is 1. The Balaban J connectivity index is 1.42. The molecule has 3 aromatic rings. The molecule has 0 unspecified atom stereocenters. The Labute approximate surface area is 212 Å². The predicted octanol–water partition coefficient (Wildman–Crippen LogP) is 5.42. The minimum absolute atomic E-state index is 0.165. The summed E-state index contributed by atoms with van der Waals surface area (Å²) >= 11 is 0.752. The molecule has 1 fully saturated rings. The number of amides is 3. The Hall–Kier alpha value is -4.11. The van der Waals surface area contributed by atoms with Crippen molar-refractivity contribution in [2.75, 3.05) is 18.5 Å². The molecule has 9 heteroatoms. The van der Waals surface area contributed by atoms with E-state index in [1.165, 1.54) is 6.08 Å². The van der Waals surface area contributed by atoms with Gasteiger partial charge in [-0.25, -0.2) is 4.79 Å². The maximum Gasteiger partial charge on any atom is 0.338 e.